The molecule has 1 aromatic heterocycles. The molecule has 0 bridgehead atoms. The van der Waals surface area contributed by atoms with Gasteiger partial charge in [0.2, 0.25) is 0 Å². The lowest BCUT2D eigenvalue weighted by molar-refractivity contribution is -0.122. The summed E-state index contributed by atoms with van der Waals surface area (Å²) in [6.45, 7) is 3.65. The Morgan fingerprint density at radius 1 is 1.50 bits per heavy atom. The molecule has 1 atom stereocenters. The predicted octanol–water partition coefficient (Wildman–Crippen LogP) is 3.54. The number of nitrogens with one attached hydrogen (secondary N) is 1. The monoisotopic (exact) mass is 338 g/mol. The highest BCUT2D eigenvalue weighted by Gasteiger charge is 2.19. The molecule has 0 unspecified atom stereocenters. The number of carbonyl (C=O) groups excluding carboxylic acids is 1. The Hall–Kier alpha value is -1.82. The second kappa shape index (κ2) is 6.56. The Morgan fingerprint density at radius 3 is 2.90 bits per heavy atom. The van der Waals surface area contributed by atoms with Crippen LogP contribution in [-0.4, -0.2) is 17.2 Å². The molecule has 0 aliphatic heterocycles. The van der Waals surface area contributed by atoms with Gasteiger partial charge >= 0.3 is 0 Å². The summed E-state index contributed by atoms with van der Waals surface area (Å²) in [5, 5.41) is 6.39. The highest BCUT2D eigenvalue weighted by atomic mass is 79.9. The van der Waals surface area contributed by atoms with Gasteiger partial charge in [0.05, 0.1) is 0 Å². The number of benzene rings is 1. The van der Waals surface area contributed by atoms with Crippen molar-refractivity contribution in [1.82, 2.24) is 5.16 Å². The van der Waals surface area contributed by atoms with E-state index in [4.69, 9.17) is 9.26 Å². The molecule has 0 saturated heterocycles. The van der Waals surface area contributed by atoms with Gasteiger partial charge in [-0.1, -0.05) is 34.1 Å². The first kappa shape index (κ1) is 14.6. The molecule has 1 heterocycles. The van der Waals surface area contributed by atoms with Crippen molar-refractivity contribution in [3.8, 4) is 5.75 Å². The van der Waals surface area contributed by atoms with Crippen molar-refractivity contribution < 1.29 is 14.1 Å². The second-order valence-electron chi connectivity index (χ2n) is 4.28. The summed E-state index contributed by atoms with van der Waals surface area (Å²) in [4.78, 5) is 12.1. The second-order valence-corrected chi connectivity index (χ2v) is 5.20. The quantitative estimate of drug-likeness (QED) is 0.905. The van der Waals surface area contributed by atoms with E-state index in [9.17, 15) is 4.79 Å². The number of rotatable bonds is 5. The van der Waals surface area contributed by atoms with Crippen LogP contribution in [0.2, 0.25) is 0 Å². The van der Waals surface area contributed by atoms with E-state index in [2.05, 4.69) is 26.4 Å². The number of nitrogens with zero attached hydrogens (tertiary/aromatic N) is 1. The molecule has 1 N–H and O–H groups in total. The average molecular weight is 339 g/mol. The van der Waals surface area contributed by atoms with Crippen LogP contribution in [0.3, 0.4) is 0 Å². The van der Waals surface area contributed by atoms with Crippen LogP contribution in [0.1, 0.15) is 19.1 Å². The summed E-state index contributed by atoms with van der Waals surface area (Å²) in [5.41, 5.74) is 0. The molecule has 0 spiro atoms. The molecular formula is C14H15BrN2O3. The predicted molar refractivity (Wildman–Crippen MR) is 78.7 cm³/mol. The third-order valence-corrected chi connectivity index (χ3v) is 3.11. The van der Waals surface area contributed by atoms with Gasteiger partial charge in [-0.25, -0.2) is 0 Å². The lowest BCUT2D eigenvalue weighted by atomic mass is 10.2. The smallest absolute Gasteiger partial charge is 0.266 e. The van der Waals surface area contributed by atoms with Crippen LogP contribution in [-0.2, 0) is 4.79 Å². The van der Waals surface area contributed by atoms with Gasteiger partial charge < -0.3 is 14.6 Å². The summed E-state index contributed by atoms with van der Waals surface area (Å²) < 4.78 is 11.5. The van der Waals surface area contributed by atoms with Crippen molar-refractivity contribution >= 4 is 27.7 Å². The number of carbonyl (C=O) groups is 1. The molecule has 20 heavy (non-hydrogen) atoms. The molecule has 6 heteroatoms. The van der Waals surface area contributed by atoms with E-state index in [1.54, 1.807) is 19.1 Å². The van der Waals surface area contributed by atoms with Gasteiger partial charge in [0.15, 0.2) is 11.9 Å². The van der Waals surface area contributed by atoms with Gasteiger partial charge in [0.25, 0.3) is 5.91 Å². The maximum Gasteiger partial charge on any atom is 0.266 e. The summed E-state index contributed by atoms with van der Waals surface area (Å²) in [7, 11) is 0. The number of aromatic nitrogens is 1. The largest absolute Gasteiger partial charge is 0.481 e. The van der Waals surface area contributed by atoms with E-state index in [-0.39, 0.29) is 5.91 Å². The molecule has 0 aliphatic rings. The van der Waals surface area contributed by atoms with E-state index in [1.807, 2.05) is 25.1 Å². The van der Waals surface area contributed by atoms with Crippen molar-refractivity contribution in [1.29, 1.82) is 0 Å². The normalized spacial score (nSPS) is 11.9. The maximum absolute atomic E-state index is 12.1. The number of amides is 1. The first-order chi connectivity index (χ1) is 9.58. The van der Waals surface area contributed by atoms with Gasteiger partial charge in [-0.2, -0.15) is 0 Å². The summed E-state index contributed by atoms with van der Waals surface area (Å²) >= 11 is 3.36. The molecule has 0 radical (unpaired) electrons. The van der Waals surface area contributed by atoms with Crippen molar-refractivity contribution in [3.63, 3.8) is 0 Å². The van der Waals surface area contributed by atoms with E-state index in [0.717, 1.165) is 4.47 Å². The number of anilines is 1. The highest BCUT2D eigenvalue weighted by Crippen LogP contribution is 2.20. The Balaban J connectivity index is 2.02. The molecule has 2 aromatic rings. The fourth-order valence-corrected chi connectivity index (χ4v) is 2.04. The van der Waals surface area contributed by atoms with Crippen LogP contribution in [0.4, 0.5) is 5.82 Å². The molecule has 1 aromatic carbocycles. The first-order valence-electron chi connectivity index (χ1n) is 6.25. The number of aryl methyl sites for hydroxylation is 1. The van der Waals surface area contributed by atoms with Gasteiger partial charge in [0.1, 0.15) is 11.5 Å². The Kier molecular flexibility index (Phi) is 4.79. The molecule has 2 rings (SSSR count). The fourth-order valence-electron chi connectivity index (χ4n) is 1.66. The van der Waals surface area contributed by atoms with Crippen molar-refractivity contribution in [2.24, 2.45) is 0 Å². The minimum atomic E-state index is -0.582. The van der Waals surface area contributed by atoms with Crippen molar-refractivity contribution in [3.05, 3.63) is 40.6 Å². The van der Waals surface area contributed by atoms with Crippen molar-refractivity contribution in [2.45, 2.75) is 26.4 Å². The number of halogens is 1. The number of hydrogen-bond acceptors (Lipinski definition) is 4. The number of hydrogen-bond donors (Lipinski definition) is 1. The molecule has 1 amide bonds. The van der Waals surface area contributed by atoms with Gasteiger partial charge in [0, 0.05) is 10.5 Å². The van der Waals surface area contributed by atoms with E-state index in [1.165, 1.54) is 0 Å². The Morgan fingerprint density at radius 2 is 2.30 bits per heavy atom. The van der Waals surface area contributed by atoms with E-state index < -0.39 is 6.10 Å². The minimum Gasteiger partial charge on any atom is -0.481 e. The van der Waals surface area contributed by atoms with Crippen LogP contribution in [0, 0.1) is 6.92 Å². The van der Waals surface area contributed by atoms with Gasteiger partial charge in [-0.05, 0) is 31.5 Å². The first-order valence-corrected chi connectivity index (χ1v) is 7.04. The summed E-state index contributed by atoms with van der Waals surface area (Å²) in [5.74, 6) is 1.42. The molecular weight excluding hydrogens is 324 g/mol. The van der Waals surface area contributed by atoms with E-state index in [0.29, 0.717) is 23.7 Å². The zero-order chi connectivity index (χ0) is 14.5. The lowest BCUT2D eigenvalue weighted by Crippen LogP contribution is -2.32. The molecule has 5 nitrogen and oxygen atoms in total. The lowest BCUT2D eigenvalue weighted by Gasteiger charge is -2.16. The van der Waals surface area contributed by atoms with Crippen LogP contribution < -0.4 is 10.1 Å². The zero-order valence-electron chi connectivity index (χ0n) is 11.2. The molecule has 0 aliphatic carbocycles. The summed E-state index contributed by atoms with van der Waals surface area (Å²) in [6.07, 6.45) is -0.0313. The van der Waals surface area contributed by atoms with E-state index >= 15 is 0 Å². The van der Waals surface area contributed by atoms with Crippen LogP contribution >= 0.6 is 15.9 Å². The molecule has 0 saturated carbocycles. The SMILES string of the molecule is CC[C@@H](Oc1cccc(Br)c1)C(=O)Nc1cc(C)on1. The zero-order valence-corrected chi connectivity index (χ0v) is 12.8. The maximum atomic E-state index is 12.1. The minimum absolute atomic E-state index is 0.249. The molecule has 106 valence electrons. The third-order valence-electron chi connectivity index (χ3n) is 2.62. The highest BCUT2D eigenvalue weighted by molar-refractivity contribution is 9.10. The van der Waals surface area contributed by atoms with Gasteiger partial charge in [-0.15, -0.1) is 0 Å². The molecule has 0 fully saturated rings. The van der Waals surface area contributed by atoms with Crippen LogP contribution in [0.15, 0.2) is 39.3 Å². The average Bonchev–Trinajstić information content (AvgIpc) is 2.81. The topological polar surface area (TPSA) is 64.4 Å². The Bertz CT molecular complexity index is 598. The van der Waals surface area contributed by atoms with Gasteiger partial charge in [-0.3, -0.25) is 4.79 Å². The summed E-state index contributed by atoms with van der Waals surface area (Å²) in [6, 6.07) is 9.03. The van der Waals surface area contributed by atoms with Crippen LogP contribution in [0.25, 0.3) is 0 Å². The van der Waals surface area contributed by atoms with Crippen LogP contribution in [0.5, 0.6) is 5.75 Å². The standard InChI is InChI=1S/C14H15BrN2O3/c1-3-12(19-11-6-4-5-10(15)8-11)14(18)16-13-7-9(2)20-17-13/h4-8,12H,3H2,1-2H3,(H,16,17,18)/t12-/m1/s1. The van der Waals surface area contributed by atoms with Crippen molar-refractivity contribution in [2.75, 3.05) is 5.32 Å². The number of ether oxygens (including phenoxy) is 1. The Labute approximate surface area is 125 Å². The third kappa shape index (κ3) is 3.84. The fraction of sp³-hybridized carbons (Fsp3) is 0.286.